The smallest absolute Gasteiger partial charge is 0.212 e. The normalized spacial score (nSPS) is 15.9. The van der Waals surface area contributed by atoms with Gasteiger partial charge in [0.1, 0.15) is 12.4 Å². The fourth-order valence-corrected chi connectivity index (χ4v) is 3.96. The van der Waals surface area contributed by atoms with Gasteiger partial charge in [-0.2, -0.15) is 9.65 Å². The van der Waals surface area contributed by atoms with Gasteiger partial charge in [0.15, 0.2) is 11.5 Å². The average Bonchev–Trinajstić information content (AvgIpc) is 3.16. The Morgan fingerprint density at radius 3 is 2.55 bits per heavy atom. The molecule has 0 amide bonds. The van der Waals surface area contributed by atoms with Crippen LogP contribution >= 0.6 is 11.6 Å². The Morgan fingerprint density at radius 2 is 1.97 bits per heavy atom. The highest BCUT2D eigenvalue weighted by molar-refractivity contribution is 6.32. The molecule has 3 aromatic rings. The van der Waals surface area contributed by atoms with Crippen LogP contribution in [0, 0.1) is 17.3 Å². The average molecular weight is 415 g/mol. The quantitative estimate of drug-likeness (QED) is 0.606. The van der Waals surface area contributed by atoms with Crippen molar-refractivity contribution in [2.75, 3.05) is 18.0 Å². The number of aromatic nitrogens is 4. The van der Waals surface area contributed by atoms with Crippen molar-refractivity contribution in [1.82, 2.24) is 19.7 Å². The summed E-state index contributed by atoms with van der Waals surface area (Å²) in [5.41, 5.74) is 0.667. The molecule has 1 aromatic carbocycles. The number of benzene rings is 1. The minimum atomic E-state index is -1.59. The number of hydrogen-bond donors (Lipinski definition) is 0. The molecule has 29 heavy (non-hydrogen) atoms. The van der Waals surface area contributed by atoms with Gasteiger partial charge in [0.25, 0.3) is 0 Å². The third kappa shape index (κ3) is 3.42. The lowest BCUT2D eigenvalue weighted by molar-refractivity contribution is 0.109. The zero-order valence-electron chi connectivity index (χ0n) is 15.6. The summed E-state index contributed by atoms with van der Waals surface area (Å²) in [6.07, 6.45) is 3.27. The van der Waals surface area contributed by atoms with Crippen LogP contribution in [0.3, 0.4) is 0 Å². The predicted octanol–water partition coefficient (Wildman–Crippen LogP) is 4.01. The SMILES string of the molecule is Cn1cnnc1C1(F)CCN(c2c(-c3ccc(F)nc3)ccc(Cl)c2C#N)CC1. The van der Waals surface area contributed by atoms with E-state index in [2.05, 4.69) is 21.3 Å². The molecule has 1 fully saturated rings. The van der Waals surface area contributed by atoms with Crippen molar-refractivity contribution in [3.05, 3.63) is 59.1 Å². The molecule has 0 unspecified atom stereocenters. The minimum absolute atomic E-state index is 0.192. The van der Waals surface area contributed by atoms with Crippen molar-refractivity contribution in [2.45, 2.75) is 18.5 Å². The van der Waals surface area contributed by atoms with Crippen LogP contribution in [0.25, 0.3) is 11.1 Å². The molecule has 2 aromatic heterocycles. The fraction of sp³-hybridized carbons (Fsp3) is 0.300. The Kier molecular flexibility index (Phi) is 4.92. The number of rotatable bonds is 3. The maximum Gasteiger partial charge on any atom is 0.212 e. The molecule has 4 rings (SSSR count). The number of alkyl halides is 1. The summed E-state index contributed by atoms with van der Waals surface area (Å²) in [7, 11) is 1.72. The maximum absolute atomic E-state index is 15.5. The Morgan fingerprint density at radius 1 is 1.21 bits per heavy atom. The zero-order chi connectivity index (χ0) is 20.6. The molecule has 1 aliphatic rings. The number of aryl methyl sites for hydroxylation is 1. The third-order valence-corrected chi connectivity index (χ3v) is 5.58. The number of nitrogens with zero attached hydrogens (tertiary/aromatic N) is 6. The molecule has 1 aliphatic heterocycles. The number of anilines is 1. The van der Waals surface area contributed by atoms with Crippen LogP contribution in [0.1, 0.15) is 24.2 Å². The largest absolute Gasteiger partial charge is 0.370 e. The third-order valence-electron chi connectivity index (χ3n) is 5.26. The van der Waals surface area contributed by atoms with Crippen LogP contribution in [0.15, 0.2) is 36.8 Å². The number of halogens is 3. The summed E-state index contributed by atoms with van der Waals surface area (Å²) in [4.78, 5) is 5.65. The lowest BCUT2D eigenvalue weighted by Gasteiger charge is -2.38. The van der Waals surface area contributed by atoms with E-state index >= 15 is 4.39 Å². The Balaban J connectivity index is 1.72. The summed E-state index contributed by atoms with van der Waals surface area (Å²) >= 11 is 6.27. The van der Waals surface area contributed by atoms with E-state index in [1.165, 1.54) is 18.6 Å². The Bertz CT molecular complexity index is 1080. The van der Waals surface area contributed by atoms with E-state index < -0.39 is 11.6 Å². The summed E-state index contributed by atoms with van der Waals surface area (Å²) in [5.74, 6) is -0.291. The number of piperidine rings is 1. The minimum Gasteiger partial charge on any atom is -0.370 e. The highest BCUT2D eigenvalue weighted by Gasteiger charge is 2.41. The van der Waals surface area contributed by atoms with Crippen molar-refractivity contribution in [3.63, 3.8) is 0 Å². The van der Waals surface area contributed by atoms with Crippen LogP contribution in [0.2, 0.25) is 5.02 Å². The standard InChI is InChI=1S/C20H17ClF2N6/c1-28-12-26-27-19(28)20(23)6-8-29(9-7-20)18-14(3-4-16(21)15(18)10-24)13-2-5-17(22)25-11-13/h2-5,11-12H,6-9H2,1H3. The molecule has 6 nitrogen and oxygen atoms in total. The van der Waals surface area contributed by atoms with Gasteiger partial charge in [0.05, 0.1) is 16.3 Å². The van der Waals surface area contributed by atoms with Crippen LogP contribution in [0.5, 0.6) is 0 Å². The van der Waals surface area contributed by atoms with E-state index in [1.807, 2.05) is 4.90 Å². The van der Waals surface area contributed by atoms with Crippen LogP contribution in [0.4, 0.5) is 14.5 Å². The first-order valence-corrected chi connectivity index (χ1v) is 9.43. The molecule has 148 valence electrons. The fourth-order valence-electron chi connectivity index (χ4n) is 3.77. The predicted molar refractivity (Wildman–Crippen MR) is 105 cm³/mol. The second-order valence-electron chi connectivity index (χ2n) is 7.02. The van der Waals surface area contributed by atoms with E-state index in [-0.39, 0.29) is 12.8 Å². The summed E-state index contributed by atoms with van der Waals surface area (Å²) in [6, 6.07) is 8.41. The van der Waals surface area contributed by atoms with Gasteiger partial charge in [-0.15, -0.1) is 10.2 Å². The van der Waals surface area contributed by atoms with Gasteiger partial charge in [-0.1, -0.05) is 17.7 Å². The van der Waals surface area contributed by atoms with E-state index in [4.69, 9.17) is 11.6 Å². The van der Waals surface area contributed by atoms with Crippen molar-refractivity contribution in [2.24, 2.45) is 7.05 Å². The van der Waals surface area contributed by atoms with Crippen molar-refractivity contribution in [1.29, 1.82) is 5.26 Å². The van der Waals surface area contributed by atoms with Gasteiger partial charge in [0, 0.05) is 50.3 Å². The van der Waals surface area contributed by atoms with E-state index in [0.717, 1.165) is 0 Å². The lowest BCUT2D eigenvalue weighted by atomic mass is 9.90. The molecule has 0 bridgehead atoms. The molecule has 9 heteroatoms. The molecule has 0 saturated carbocycles. The first-order valence-electron chi connectivity index (χ1n) is 9.06. The van der Waals surface area contributed by atoms with Gasteiger partial charge in [-0.3, -0.25) is 0 Å². The number of nitriles is 1. The molecule has 0 N–H and O–H groups in total. The van der Waals surface area contributed by atoms with E-state index in [9.17, 15) is 9.65 Å². The molecule has 0 radical (unpaired) electrons. The topological polar surface area (TPSA) is 70.6 Å². The summed E-state index contributed by atoms with van der Waals surface area (Å²) in [5, 5.41) is 17.7. The Labute approximate surface area is 171 Å². The second kappa shape index (κ2) is 7.41. The highest BCUT2D eigenvalue weighted by atomic mass is 35.5. The lowest BCUT2D eigenvalue weighted by Crippen LogP contribution is -2.42. The molecular formula is C20H17ClF2N6. The molecule has 3 heterocycles. The Hall–Kier alpha value is -3.05. The molecule has 0 atom stereocenters. The monoisotopic (exact) mass is 414 g/mol. The van der Waals surface area contributed by atoms with Gasteiger partial charge in [-0.05, 0) is 18.2 Å². The van der Waals surface area contributed by atoms with Gasteiger partial charge < -0.3 is 9.47 Å². The van der Waals surface area contributed by atoms with Crippen molar-refractivity contribution >= 4 is 17.3 Å². The second-order valence-corrected chi connectivity index (χ2v) is 7.42. The van der Waals surface area contributed by atoms with Gasteiger partial charge in [0.2, 0.25) is 5.95 Å². The molecule has 1 saturated heterocycles. The summed E-state index contributed by atoms with van der Waals surface area (Å²) in [6.45, 7) is 0.722. The van der Waals surface area contributed by atoms with Crippen LogP contribution in [-0.2, 0) is 12.7 Å². The van der Waals surface area contributed by atoms with Gasteiger partial charge >= 0.3 is 0 Å². The highest BCUT2D eigenvalue weighted by Crippen LogP contribution is 2.42. The summed E-state index contributed by atoms with van der Waals surface area (Å²) < 4.78 is 30.4. The first kappa shape index (κ1) is 19.3. The number of pyridine rings is 1. The van der Waals surface area contributed by atoms with Crippen molar-refractivity contribution < 1.29 is 8.78 Å². The molecule has 0 aliphatic carbocycles. The van der Waals surface area contributed by atoms with Crippen LogP contribution in [-0.4, -0.2) is 32.8 Å². The molecular weight excluding hydrogens is 398 g/mol. The van der Waals surface area contributed by atoms with Gasteiger partial charge in [-0.25, -0.2) is 9.37 Å². The van der Waals surface area contributed by atoms with Crippen molar-refractivity contribution in [3.8, 4) is 17.2 Å². The van der Waals surface area contributed by atoms with E-state index in [0.29, 0.717) is 46.3 Å². The zero-order valence-corrected chi connectivity index (χ0v) is 16.4. The first-order chi connectivity index (χ1) is 13.9. The van der Waals surface area contributed by atoms with Crippen LogP contribution < -0.4 is 4.90 Å². The molecule has 0 spiro atoms. The maximum atomic E-state index is 15.5. The van der Waals surface area contributed by atoms with E-state index in [1.54, 1.807) is 29.8 Å². The number of hydrogen-bond acceptors (Lipinski definition) is 5.